The standard InChI is InChI=1S/C9H20N2/c1-4-11(9-5-6-9)8-7-10(2)3/h9H,4-8H2,1-3H3. The molecule has 0 bridgehead atoms. The Labute approximate surface area is 70.2 Å². The molecule has 0 amide bonds. The Bertz CT molecular complexity index is 108. The molecule has 0 radical (unpaired) electrons. The van der Waals surface area contributed by atoms with E-state index >= 15 is 0 Å². The first-order valence-electron chi connectivity index (χ1n) is 4.62. The smallest absolute Gasteiger partial charge is 0.0112 e. The van der Waals surface area contributed by atoms with Crippen LogP contribution < -0.4 is 0 Å². The van der Waals surface area contributed by atoms with Crippen LogP contribution in [0.25, 0.3) is 0 Å². The summed E-state index contributed by atoms with van der Waals surface area (Å²) in [5.41, 5.74) is 0. The SMILES string of the molecule is CCN(CCN(C)C)C1CC1. The number of hydrogen-bond donors (Lipinski definition) is 0. The van der Waals surface area contributed by atoms with Crippen LogP contribution in [0.1, 0.15) is 19.8 Å². The summed E-state index contributed by atoms with van der Waals surface area (Å²) in [6.07, 6.45) is 2.86. The van der Waals surface area contributed by atoms with Crippen molar-refractivity contribution in [3.8, 4) is 0 Å². The van der Waals surface area contributed by atoms with Gasteiger partial charge in [0.15, 0.2) is 0 Å². The van der Waals surface area contributed by atoms with E-state index in [4.69, 9.17) is 0 Å². The largest absolute Gasteiger partial charge is 0.308 e. The van der Waals surface area contributed by atoms with E-state index < -0.39 is 0 Å². The van der Waals surface area contributed by atoms with E-state index in [2.05, 4.69) is 30.8 Å². The summed E-state index contributed by atoms with van der Waals surface area (Å²) in [6, 6.07) is 0.931. The van der Waals surface area contributed by atoms with Gasteiger partial charge < -0.3 is 4.90 Å². The van der Waals surface area contributed by atoms with Crippen LogP contribution in [0.2, 0.25) is 0 Å². The summed E-state index contributed by atoms with van der Waals surface area (Å²) in [5.74, 6) is 0. The number of likely N-dealkylation sites (N-methyl/N-ethyl adjacent to an activating group) is 2. The Hall–Kier alpha value is -0.0800. The summed E-state index contributed by atoms with van der Waals surface area (Å²) in [5, 5.41) is 0. The van der Waals surface area contributed by atoms with Gasteiger partial charge in [-0.2, -0.15) is 0 Å². The second-order valence-corrected chi connectivity index (χ2v) is 3.66. The molecule has 1 aliphatic carbocycles. The lowest BCUT2D eigenvalue weighted by atomic mass is 10.4. The average molecular weight is 156 g/mol. The van der Waals surface area contributed by atoms with Crippen LogP contribution in [0.5, 0.6) is 0 Å². The maximum atomic E-state index is 2.58. The molecule has 1 fully saturated rings. The predicted molar refractivity (Wildman–Crippen MR) is 48.8 cm³/mol. The van der Waals surface area contributed by atoms with Gasteiger partial charge in [-0.15, -0.1) is 0 Å². The lowest BCUT2D eigenvalue weighted by Crippen LogP contribution is -2.33. The van der Waals surface area contributed by atoms with Crippen molar-refractivity contribution in [3.05, 3.63) is 0 Å². The van der Waals surface area contributed by atoms with Crippen molar-refractivity contribution in [1.29, 1.82) is 0 Å². The molecular formula is C9H20N2. The molecule has 66 valence electrons. The van der Waals surface area contributed by atoms with E-state index in [-0.39, 0.29) is 0 Å². The first-order chi connectivity index (χ1) is 5.24. The van der Waals surface area contributed by atoms with Crippen molar-refractivity contribution in [2.24, 2.45) is 0 Å². The zero-order valence-electron chi connectivity index (χ0n) is 8.01. The van der Waals surface area contributed by atoms with E-state index in [1.807, 2.05) is 0 Å². The monoisotopic (exact) mass is 156 g/mol. The van der Waals surface area contributed by atoms with E-state index in [0.29, 0.717) is 0 Å². The van der Waals surface area contributed by atoms with E-state index in [1.165, 1.54) is 32.5 Å². The molecule has 2 heteroatoms. The van der Waals surface area contributed by atoms with Crippen molar-refractivity contribution >= 4 is 0 Å². The van der Waals surface area contributed by atoms with Gasteiger partial charge >= 0.3 is 0 Å². The molecular weight excluding hydrogens is 136 g/mol. The Kier molecular flexibility index (Phi) is 3.34. The summed E-state index contributed by atoms with van der Waals surface area (Å²) < 4.78 is 0. The third-order valence-corrected chi connectivity index (χ3v) is 2.30. The summed E-state index contributed by atoms with van der Waals surface area (Å²) >= 11 is 0. The van der Waals surface area contributed by atoms with Gasteiger partial charge in [-0.3, -0.25) is 4.90 Å². The molecule has 0 atom stereocenters. The van der Waals surface area contributed by atoms with Crippen molar-refractivity contribution in [2.75, 3.05) is 33.7 Å². The van der Waals surface area contributed by atoms with Gasteiger partial charge in [-0.05, 0) is 33.5 Å². The molecule has 0 aromatic carbocycles. The van der Waals surface area contributed by atoms with Crippen molar-refractivity contribution in [1.82, 2.24) is 9.80 Å². The maximum Gasteiger partial charge on any atom is 0.0112 e. The van der Waals surface area contributed by atoms with Crippen LogP contribution in [-0.4, -0.2) is 49.6 Å². The zero-order valence-corrected chi connectivity index (χ0v) is 8.01. The third-order valence-electron chi connectivity index (χ3n) is 2.30. The second-order valence-electron chi connectivity index (χ2n) is 3.66. The van der Waals surface area contributed by atoms with Gasteiger partial charge in [0.05, 0.1) is 0 Å². The highest BCUT2D eigenvalue weighted by atomic mass is 15.2. The Morgan fingerprint density at radius 2 is 1.82 bits per heavy atom. The molecule has 1 rings (SSSR count). The third kappa shape index (κ3) is 3.21. The molecule has 0 aromatic heterocycles. The topological polar surface area (TPSA) is 6.48 Å². The quantitative estimate of drug-likeness (QED) is 0.586. The number of hydrogen-bond acceptors (Lipinski definition) is 2. The van der Waals surface area contributed by atoms with Gasteiger partial charge in [-0.25, -0.2) is 0 Å². The van der Waals surface area contributed by atoms with Gasteiger partial charge in [0.1, 0.15) is 0 Å². The fourth-order valence-electron chi connectivity index (χ4n) is 1.37. The van der Waals surface area contributed by atoms with Gasteiger partial charge in [0.25, 0.3) is 0 Å². The molecule has 2 nitrogen and oxygen atoms in total. The fourth-order valence-corrected chi connectivity index (χ4v) is 1.37. The van der Waals surface area contributed by atoms with Crippen molar-refractivity contribution in [3.63, 3.8) is 0 Å². The molecule has 1 saturated carbocycles. The summed E-state index contributed by atoms with van der Waals surface area (Å²) in [4.78, 5) is 4.84. The molecule has 0 spiro atoms. The number of nitrogens with zero attached hydrogens (tertiary/aromatic N) is 2. The Morgan fingerprint density at radius 1 is 1.18 bits per heavy atom. The minimum atomic E-state index is 0.931. The first-order valence-corrected chi connectivity index (χ1v) is 4.62. The second kappa shape index (κ2) is 4.07. The van der Waals surface area contributed by atoms with Crippen molar-refractivity contribution < 1.29 is 0 Å². The summed E-state index contributed by atoms with van der Waals surface area (Å²) in [6.45, 7) is 5.92. The first kappa shape index (κ1) is 9.01. The molecule has 0 aromatic rings. The lowest BCUT2D eigenvalue weighted by Gasteiger charge is -2.21. The van der Waals surface area contributed by atoms with Crippen LogP contribution in [0.15, 0.2) is 0 Å². The Balaban J connectivity index is 2.10. The Morgan fingerprint density at radius 3 is 2.18 bits per heavy atom. The maximum absolute atomic E-state index is 2.58. The van der Waals surface area contributed by atoms with Gasteiger partial charge in [0, 0.05) is 19.1 Å². The molecule has 11 heavy (non-hydrogen) atoms. The highest BCUT2D eigenvalue weighted by molar-refractivity contribution is 4.83. The minimum Gasteiger partial charge on any atom is -0.308 e. The molecule has 0 heterocycles. The van der Waals surface area contributed by atoms with Gasteiger partial charge in [0.2, 0.25) is 0 Å². The molecule has 0 aliphatic heterocycles. The van der Waals surface area contributed by atoms with Crippen LogP contribution in [0, 0.1) is 0 Å². The van der Waals surface area contributed by atoms with Crippen LogP contribution in [-0.2, 0) is 0 Å². The molecule has 1 aliphatic rings. The molecule has 0 unspecified atom stereocenters. The van der Waals surface area contributed by atoms with Crippen LogP contribution in [0.4, 0.5) is 0 Å². The molecule has 0 N–H and O–H groups in total. The fraction of sp³-hybridized carbons (Fsp3) is 1.00. The van der Waals surface area contributed by atoms with Crippen LogP contribution in [0.3, 0.4) is 0 Å². The molecule has 0 saturated heterocycles. The highest BCUT2D eigenvalue weighted by Crippen LogP contribution is 2.25. The highest BCUT2D eigenvalue weighted by Gasteiger charge is 2.27. The van der Waals surface area contributed by atoms with Gasteiger partial charge in [-0.1, -0.05) is 6.92 Å². The predicted octanol–water partition coefficient (Wildman–Crippen LogP) is 1.03. The van der Waals surface area contributed by atoms with E-state index in [0.717, 1.165) is 6.04 Å². The van der Waals surface area contributed by atoms with Crippen molar-refractivity contribution in [2.45, 2.75) is 25.8 Å². The van der Waals surface area contributed by atoms with E-state index in [1.54, 1.807) is 0 Å². The lowest BCUT2D eigenvalue weighted by molar-refractivity contribution is 0.243. The zero-order chi connectivity index (χ0) is 8.27. The minimum absolute atomic E-state index is 0.931. The summed E-state index contributed by atoms with van der Waals surface area (Å²) in [7, 11) is 4.28. The normalized spacial score (nSPS) is 18.3. The number of rotatable bonds is 5. The average Bonchev–Trinajstić information content (AvgIpc) is 2.72. The van der Waals surface area contributed by atoms with E-state index in [9.17, 15) is 0 Å². The van der Waals surface area contributed by atoms with Crippen LogP contribution >= 0.6 is 0 Å².